The molecule has 8 nitrogen and oxygen atoms in total. The van der Waals surface area contributed by atoms with Gasteiger partial charge >= 0.3 is 0 Å². The van der Waals surface area contributed by atoms with Crippen LogP contribution in [0.15, 0.2) is 65.6 Å². The summed E-state index contributed by atoms with van der Waals surface area (Å²) >= 11 is 0. The molecule has 0 aliphatic heterocycles. The number of hydrogen-bond acceptors (Lipinski definition) is 5. The second-order valence-corrected chi connectivity index (χ2v) is 9.64. The molecule has 0 unspecified atom stereocenters. The summed E-state index contributed by atoms with van der Waals surface area (Å²) in [5, 5.41) is 0. The lowest BCUT2D eigenvalue weighted by Crippen LogP contribution is -2.43. The first-order valence-electron chi connectivity index (χ1n) is 10.5. The Morgan fingerprint density at radius 1 is 0.794 bits per heavy atom. The van der Waals surface area contributed by atoms with Crippen molar-refractivity contribution in [1.29, 1.82) is 0 Å². The number of anilines is 1. The van der Waals surface area contributed by atoms with Gasteiger partial charge in [0.15, 0.2) is 6.61 Å². The molecular weight excluding hydrogens is 454 g/mol. The first-order valence-corrected chi connectivity index (χ1v) is 12.0. The number of sulfonamides is 1. The van der Waals surface area contributed by atoms with Gasteiger partial charge in [0.2, 0.25) is 0 Å². The number of hydrazine groups is 1. The largest absolute Gasteiger partial charge is 0.484 e. The Balaban J connectivity index is 1.53. The third-order valence-corrected chi connectivity index (χ3v) is 6.72. The number of rotatable bonds is 7. The number of benzene rings is 3. The predicted octanol–water partition coefficient (Wildman–Crippen LogP) is 3.56. The average molecular weight is 482 g/mol. The van der Waals surface area contributed by atoms with Crippen molar-refractivity contribution in [3.8, 4) is 5.75 Å². The maximum absolute atomic E-state index is 12.7. The summed E-state index contributed by atoms with van der Waals surface area (Å²) in [7, 11) is -3.78. The molecule has 0 bridgehead atoms. The minimum absolute atomic E-state index is 0.194. The van der Waals surface area contributed by atoms with Gasteiger partial charge in [-0.1, -0.05) is 18.2 Å². The quantitative estimate of drug-likeness (QED) is 0.447. The standard InChI is InChI=1S/C25H27N3O5S/c1-16-5-6-18(3)23(13-16)34(31,32)28-21-10-8-20(9-11-21)25(30)27-26-24(29)15-33-22-12-7-17(2)19(4)14-22/h5-14,28H,15H2,1-4H3,(H,26,29)(H,27,30). The van der Waals surface area contributed by atoms with Gasteiger partial charge in [-0.15, -0.1) is 0 Å². The minimum Gasteiger partial charge on any atom is -0.484 e. The van der Waals surface area contributed by atoms with E-state index in [0.29, 0.717) is 17.0 Å². The molecule has 0 fully saturated rings. The molecule has 2 amide bonds. The van der Waals surface area contributed by atoms with Crippen LogP contribution in [0.25, 0.3) is 0 Å². The second kappa shape index (κ2) is 10.4. The Labute approximate surface area is 199 Å². The van der Waals surface area contributed by atoms with E-state index in [1.165, 1.54) is 24.3 Å². The Morgan fingerprint density at radius 3 is 2.15 bits per heavy atom. The summed E-state index contributed by atoms with van der Waals surface area (Å²) in [5.41, 5.74) is 8.77. The molecule has 0 heterocycles. The third-order valence-electron chi connectivity index (χ3n) is 5.20. The van der Waals surface area contributed by atoms with Crippen molar-refractivity contribution in [1.82, 2.24) is 10.9 Å². The predicted molar refractivity (Wildman–Crippen MR) is 130 cm³/mol. The molecule has 0 atom stereocenters. The molecule has 0 spiro atoms. The number of carbonyl (C=O) groups excluding carboxylic acids is 2. The van der Waals surface area contributed by atoms with Crippen LogP contribution in [0.2, 0.25) is 0 Å². The van der Waals surface area contributed by atoms with E-state index in [4.69, 9.17) is 4.74 Å². The number of aryl methyl sites for hydroxylation is 4. The van der Waals surface area contributed by atoms with Crippen molar-refractivity contribution < 1.29 is 22.7 Å². The van der Waals surface area contributed by atoms with E-state index in [9.17, 15) is 18.0 Å². The number of amides is 2. The van der Waals surface area contributed by atoms with Crippen molar-refractivity contribution in [3.05, 3.63) is 88.5 Å². The summed E-state index contributed by atoms with van der Waals surface area (Å²) in [4.78, 5) is 24.5. The molecule has 3 aromatic rings. The first kappa shape index (κ1) is 24.8. The number of hydrogen-bond donors (Lipinski definition) is 3. The number of ether oxygens (including phenoxy) is 1. The fraction of sp³-hybridized carbons (Fsp3) is 0.200. The summed E-state index contributed by atoms with van der Waals surface area (Å²) in [6.45, 7) is 7.21. The molecular formula is C25H27N3O5S. The van der Waals surface area contributed by atoms with E-state index in [1.54, 1.807) is 25.1 Å². The molecule has 178 valence electrons. The van der Waals surface area contributed by atoms with Crippen LogP contribution >= 0.6 is 0 Å². The number of carbonyl (C=O) groups is 2. The van der Waals surface area contributed by atoms with Crippen molar-refractivity contribution in [2.24, 2.45) is 0 Å². The van der Waals surface area contributed by atoms with E-state index in [-0.39, 0.29) is 17.1 Å². The van der Waals surface area contributed by atoms with Gasteiger partial charge in [-0.05, 0) is 92.4 Å². The zero-order chi connectivity index (χ0) is 24.9. The van der Waals surface area contributed by atoms with E-state index in [1.807, 2.05) is 39.0 Å². The van der Waals surface area contributed by atoms with E-state index in [2.05, 4.69) is 15.6 Å². The van der Waals surface area contributed by atoms with Crippen molar-refractivity contribution in [3.63, 3.8) is 0 Å². The monoisotopic (exact) mass is 481 g/mol. The van der Waals surface area contributed by atoms with Gasteiger partial charge in [-0.25, -0.2) is 8.42 Å². The summed E-state index contributed by atoms with van der Waals surface area (Å²) in [5.74, 6) is -0.517. The molecule has 34 heavy (non-hydrogen) atoms. The Morgan fingerprint density at radius 2 is 1.47 bits per heavy atom. The maximum atomic E-state index is 12.7. The SMILES string of the molecule is Cc1ccc(C)c(S(=O)(=O)Nc2ccc(C(=O)NNC(=O)COc3ccc(C)c(C)c3)cc2)c1. The Hall–Kier alpha value is -3.85. The molecule has 0 aromatic heterocycles. The van der Waals surface area contributed by atoms with Gasteiger partial charge in [0, 0.05) is 11.3 Å². The average Bonchev–Trinajstić information content (AvgIpc) is 2.80. The fourth-order valence-electron chi connectivity index (χ4n) is 3.08. The molecule has 3 N–H and O–H groups in total. The van der Waals surface area contributed by atoms with Gasteiger partial charge in [0.05, 0.1) is 4.90 Å². The highest BCUT2D eigenvalue weighted by Crippen LogP contribution is 2.21. The van der Waals surface area contributed by atoms with Gasteiger partial charge in [-0.2, -0.15) is 0 Å². The lowest BCUT2D eigenvalue weighted by atomic mass is 10.1. The van der Waals surface area contributed by atoms with E-state index in [0.717, 1.165) is 16.7 Å². The summed E-state index contributed by atoms with van der Waals surface area (Å²) in [6.07, 6.45) is 0. The van der Waals surface area contributed by atoms with Crippen molar-refractivity contribution in [2.75, 3.05) is 11.3 Å². The summed E-state index contributed by atoms with van der Waals surface area (Å²) < 4.78 is 33.4. The molecule has 0 saturated carbocycles. The van der Waals surface area contributed by atoms with Crippen LogP contribution in [0, 0.1) is 27.7 Å². The Bertz CT molecular complexity index is 1320. The summed E-state index contributed by atoms with van der Waals surface area (Å²) in [6, 6.07) is 16.5. The first-order chi connectivity index (χ1) is 16.0. The van der Waals surface area contributed by atoms with E-state index < -0.39 is 21.8 Å². The van der Waals surface area contributed by atoms with Crippen LogP contribution in [0.3, 0.4) is 0 Å². The van der Waals surface area contributed by atoms with Crippen LogP contribution in [-0.2, 0) is 14.8 Å². The highest BCUT2D eigenvalue weighted by atomic mass is 32.2. The molecule has 3 aromatic carbocycles. The highest BCUT2D eigenvalue weighted by molar-refractivity contribution is 7.92. The zero-order valence-electron chi connectivity index (χ0n) is 19.4. The van der Waals surface area contributed by atoms with Crippen molar-refractivity contribution in [2.45, 2.75) is 32.6 Å². The van der Waals surface area contributed by atoms with E-state index >= 15 is 0 Å². The number of nitrogens with one attached hydrogen (secondary N) is 3. The van der Waals surface area contributed by atoms with Gasteiger partial charge < -0.3 is 4.74 Å². The van der Waals surface area contributed by atoms with Crippen molar-refractivity contribution >= 4 is 27.5 Å². The normalized spacial score (nSPS) is 10.9. The Kier molecular flexibility index (Phi) is 7.57. The topological polar surface area (TPSA) is 114 Å². The smallest absolute Gasteiger partial charge is 0.276 e. The highest BCUT2D eigenvalue weighted by Gasteiger charge is 2.17. The second-order valence-electron chi connectivity index (χ2n) is 7.99. The minimum atomic E-state index is -3.78. The van der Waals surface area contributed by atoms with Crippen LogP contribution in [0.1, 0.15) is 32.6 Å². The molecule has 9 heteroatoms. The van der Waals surface area contributed by atoms with Crippen LogP contribution < -0.4 is 20.3 Å². The van der Waals surface area contributed by atoms with Gasteiger partial charge in [-0.3, -0.25) is 25.2 Å². The molecule has 0 saturated heterocycles. The molecule has 0 radical (unpaired) electrons. The van der Waals surface area contributed by atoms with Crippen LogP contribution in [-0.4, -0.2) is 26.8 Å². The molecule has 0 aliphatic carbocycles. The van der Waals surface area contributed by atoms with Crippen LogP contribution in [0.5, 0.6) is 5.75 Å². The molecule has 0 aliphatic rings. The fourth-order valence-corrected chi connectivity index (χ4v) is 4.47. The lowest BCUT2D eigenvalue weighted by molar-refractivity contribution is -0.123. The lowest BCUT2D eigenvalue weighted by Gasteiger charge is -2.12. The molecule has 3 rings (SSSR count). The van der Waals surface area contributed by atoms with Gasteiger partial charge in [0.25, 0.3) is 21.8 Å². The maximum Gasteiger partial charge on any atom is 0.276 e. The van der Waals surface area contributed by atoms with Gasteiger partial charge in [0.1, 0.15) is 5.75 Å². The third kappa shape index (κ3) is 6.35. The zero-order valence-corrected chi connectivity index (χ0v) is 20.2. The van der Waals surface area contributed by atoms with Crippen LogP contribution in [0.4, 0.5) is 5.69 Å².